The number of hydrogen-bond donors (Lipinski definition) is 2. The molecule has 29 heteroatoms. The summed E-state index contributed by atoms with van der Waals surface area (Å²) >= 11 is 6.59. The number of alkyl halides is 12. The number of carboxylic acids is 1. The third kappa shape index (κ3) is 23.3. The third-order valence-corrected chi connectivity index (χ3v) is 19.5. The van der Waals surface area contributed by atoms with E-state index in [4.69, 9.17) is 14.6 Å². The van der Waals surface area contributed by atoms with Crippen LogP contribution in [0.15, 0.2) is 131 Å². The van der Waals surface area contributed by atoms with Gasteiger partial charge in [0.1, 0.15) is 12.2 Å². The van der Waals surface area contributed by atoms with E-state index in [9.17, 15) is 71.9 Å². The van der Waals surface area contributed by atoms with Crippen molar-refractivity contribution in [2.75, 3.05) is 9.80 Å². The SMILES string of the molecule is CC(=O)OC1CCC(C(=O)O)CC1.CC[C@@H]1C[C@H](N(Cc2cc(C(F)(F)F)cc(C(F)(F)F)c2)c2ncc(Br)cn2)C[C@H](Cc2ccccc2)N1.CC[C@@H]1C[C@H](N(Cc2cc(C(F)(F)F)cc(C(F)(F)F)c2)c2ncc(Br)cn2)C[C@H](Cc2ccccc2)N1C(=O)C1CCC(OC(C)=O)CC1. The summed E-state index contributed by atoms with van der Waals surface area (Å²) in [5, 5.41) is 12.3. The van der Waals surface area contributed by atoms with Crippen LogP contribution in [0.3, 0.4) is 0 Å². The van der Waals surface area contributed by atoms with Gasteiger partial charge >= 0.3 is 42.6 Å². The van der Waals surface area contributed by atoms with E-state index in [-0.39, 0.29) is 120 Å². The molecule has 4 aliphatic rings. The molecule has 10 rings (SSSR count). The molecule has 0 unspecified atom stereocenters. The Labute approximate surface area is 594 Å². The maximum Gasteiger partial charge on any atom is 0.416 e. The highest BCUT2D eigenvalue weighted by Crippen LogP contribution is 2.42. The lowest BCUT2D eigenvalue weighted by atomic mass is 9.81. The molecule has 2 aliphatic carbocycles. The molecule has 4 heterocycles. The summed E-state index contributed by atoms with van der Waals surface area (Å²) < 4.78 is 176. The van der Waals surface area contributed by atoms with E-state index in [1.807, 2.05) is 79.4 Å². The van der Waals surface area contributed by atoms with Crippen LogP contribution in [0.1, 0.15) is 162 Å². The van der Waals surface area contributed by atoms with Crippen molar-refractivity contribution in [3.05, 3.63) is 175 Å². The van der Waals surface area contributed by atoms with Crippen molar-refractivity contribution in [3.63, 3.8) is 0 Å². The molecule has 4 aromatic carbocycles. The molecule has 4 fully saturated rings. The van der Waals surface area contributed by atoms with Crippen molar-refractivity contribution < 1.29 is 86.4 Å². The van der Waals surface area contributed by atoms with Gasteiger partial charge in [-0.05, 0) is 193 Å². The molecule has 2 saturated carbocycles. The average Bonchev–Trinajstić information content (AvgIpc) is 0.780. The number of aliphatic carboxylic acids is 1. The van der Waals surface area contributed by atoms with Crippen LogP contribution in [0.25, 0.3) is 0 Å². The number of carbonyl (C=O) groups excluding carboxylic acids is 3. The summed E-state index contributed by atoms with van der Waals surface area (Å²) in [6.07, 6.45) is -4.54. The number of rotatable bonds is 18. The van der Waals surface area contributed by atoms with Gasteiger partial charge in [-0.1, -0.05) is 74.5 Å². The highest BCUT2D eigenvalue weighted by molar-refractivity contribution is 9.10. The molecule has 6 atom stereocenters. The van der Waals surface area contributed by atoms with Crippen molar-refractivity contribution in [1.29, 1.82) is 0 Å². The van der Waals surface area contributed by atoms with Gasteiger partial charge in [-0.15, -0.1) is 0 Å². The quantitative estimate of drug-likeness (QED) is 0.0613. The lowest BCUT2D eigenvalue weighted by molar-refractivity contribution is -0.152. The van der Waals surface area contributed by atoms with Gasteiger partial charge in [-0.25, -0.2) is 19.9 Å². The van der Waals surface area contributed by atoms with E-state index in [1.54, 1.807) is 9.80 Å². The monoisotopic (exact) mass is 1550 g/mol. The van der Waals surface area contributed by atoms with E-state index >= 15 is 0 Å². The number of ether oxygens (including phenoxy) is 2. The van der Waals surface area contributed by atoms with Crippen LogP contribution < -0.4 is 15.1 Å². The number of carboxylic acid groups (broad SMARTS) is 1. The topological polar surface area (TPSA) is 180 Å². The standard InChI is InChI=1S/C36H39BrF6N4O3.C27H27BrF6N4.C9H14O4/c1-3-29-17-30(18-31(15-23-7-5-4-6-8-23)47(29)33(49)25-9-11-32(12-10-25)50-22(2)48)46(34-44-19-28(37)20-45-34)21-24-13-26(35(38,39)40)16-27(14-24)36(41,42)43;1-2-22-12-24(13-23(37-22)10-17-6-4-3-5-7-17)38(25-35-14-21(28)15-36-25)16-18-8-19(26(29,30)31)11-20(9-18)27(32,33)34;1-6(10)13-8-4-2-7(3-5-8)9(11)12/h4-8,13-14,16,19-20,25,29-32H,3,9-12,15,17-18,21H2,1-2H3;3-9,11,14-15,22-24,37H,2,10,12-13,16H2,1H3;7-8H,2-5H2,1H3,(H,11,12)/t25?,29-,30+,31+,32?;22-,23+,24+;/m11./s1. The number of esters is 2. The van der Waals surface area contributed by atoms with Gasteiger partial charge in [0.05, 0.1) is 37.1 Å². The fourth-order valence-electron chi connectivity index (χ4n) is 13.9. The molecular formula is C72H80Br2F12N8O7. The van der Waals surface area contributed by atoms with E-state index in [2.05, 4.69) is 57.1 Å². The molecule has 0 radical (unpaired) electrons. The maximum absolute atomic E-state index is 14.4. The molecule has 2 aromatic heterocycles. The molecule has 6 aromatic rings. The van der Waals surface area contributed by atoms with Gasteiger partial charge < -0.3 is 34.6 Å². The predicted molar refractivity (Wildman–Crippen MR) is 359 cm³/mol. The molecule has 0 bridgehead atoms. The molecule has 15 nitrogen and oxygen atoms in total. The molecule has 101 heavy (non-hydrogen) atoms. The van der Waals surface area contributed by atoms with Gasteiger partial charge in [0.25, 0.3) is 0 Å². The minimum Gasteiger partial charge on any atom is -0.481 e. The Bertz CT molecular complexity index is 3610. The predicted octanol–water partition coefficient (Wildman–Crippen LogP) is 17.4. The zero-order valence-electron chi connectivity index (χ0n) is 55.9. The molecule has 0 spiro atoms. The Morgan fingerprint density at radius 3 is 1.23 bits per heavy atom. The van der Waals surface area contributed by atoms with Crippen LogP contribution in [-0.4, -0.2) is 102 Å². The average molecular weight is 1560 g/mol. The number of likely N-dealkylation sites (tertiary alicyclic amines) is 1. The van der Waals surface area contributed by atoms with Gasteiger partial charge in [0.15, 0.2) is 0 Å². The first-order valence-electron chi connectivity index (χ1n) is 33.4. The van der Waals surface area contributed by atoms with Gasteiger partial charge in [0.2, 0.25) is 17.8 Å². The number of carbonyl (C=O) groups is 4. The molecule has 548 valence electrons. The van der Waals surface area contributed by atoms with Gasteiger partial charge in [-0.2, -0.15) is 52.7 Å². The molecule has 2 saturated heterocycles. The summed E-state index contributed by atoms with van der Waals surface area (Å²) in [7, 11) is 0. The first-order valence-corrected chi connectivity index (χ1v) is 35.0. The molecular weight excluding hydrogens is 1480 g/mol. The lowest BCUT2D eigenvalue weighted by Gasteiger charge is -2.49. The zero-order valence-corrected chi connectivity index (χ0v) is 59.0. The fourth-order valence-corrected chi connectivity index (χ4v) is 14.3. The smallest absolute Gasteiger partial charge is 0.416 e. The van der Waals surface area contributed by atoms with Crippen molar-refractivity contribution in [2.45, 2.75) is 217 Å². The molecule has 2 aliphatic heterocycles. The Balaban J connectivity index is 0.000000223. The zero-order chi connectivity index (χ0) is 73.6. The Kier molecular flexibility index (Phi) is 27.6. The Hall–Kier alpha value is -7.40. The molecule has 2 N–H and O–H groups in total. The Morgan fingerprint density at radius 1 is 0.495 bits per heavy atom. The minimum absolute atomic E-state index is 0.0108. The number of halogens is 14. The first kappa shape index (κ1) is 79.3. The summed E-state index contributed by atoms with van der Waals surface area (Å²) in [5.41, 5.74) is -3.62. The van der Waals surface area contributed by atoms with Crippen molar-refractivity contribution >= 4 is 67.6 Å². The van der Waals surface area contributed by atoms with Crippen molar-refractivity contribution in [3.8, 4) is 0 Å². The van der Waals surface area contributed by atoms with Crippen LogP contribution in [0, 0.1) is 11.8 Å². The van der Waals surface area contributed by atoms with Gasteiger partial charge in [-0.3, -0.25) is 19.2 Å². The van der Waals surface area contributed by atoms with E-state index in [1.165, 1.54) is 38.6 Å². The van der Waals surface area contributed by atoms with E-state index in [0.29, 0.717) is 98.8 Å². The van der Waals surface area contributed by atoms with Gasteiger partial charge in [0, 0.05) is 93.9 Å². The van der Waals surface area contributed by atoms with E-state index in [0.717, 1.165) is 48.2 Å². The van der Waals surface area contributed by atoms with Crippen LogP contribution in [0.5, 0.6) is 0 Å². The molecule has 1 amide bonds. The van der Waals surface area contributed by atoms with Crippen LogP contribution in [0.4, 0.5) is 64.6 Å². The second kappa shape index (κ2) is 35.2. The summed E-state index contributed by atoms with van der Waals surface area (Å²) in [5.74, 6) is -1.46. The number of nitrogens with one attached hydrogen (secondary N) is 1. The lowest BCUT2D eigenvalue weighted by Crippen LogP contribution is -2.59. The minimum atomic E-state index is -4.99. The van der Waals surface area contributed by atoms with E-state index < -0.39 is 59.0 Å². The van der Waals surface area contributed by atoms with Crippen LogP contribution in [-0.2, 0) is 79.3 Å². The largest absolute Gasteiger partial charge is 0.481 e. The number of nitrogens with zero attached hydrogens (tertiary/aromatic N) is 7. The fraction of sp³-hybridized carbons (Fsp3) is 0.500. The number of benzene rings is 4. The second-order valence-electron chi connectivity index (χ2n) is 26.1. The number of amides is 1. The summed E-state index contributed by atoms with van der Waals surface area (Å²) in [4.78, 5) is 69.9. The summed E-state index contributed by atoms with van der Waals surface area (Å²) in [6, 6.07) is 21.8. The normalized spacial score (nSPS) is 22.7. The highest BCUT2D eigenvalue weighted by atomic mass is 79.9. The van der Waals surface area contributed by atoms with Crippen LogP contribution in [0.2, 0.25) is 0 Å². The number of piperidine rings is 2. The number of hydrogen-bond acceptors (Lipinski definition) is 13. The second-order valence-corrected chi connectivity index (χ2v) is 27.9. The highest BCUT2D eigenvalue weighted by Gasteiger charge is 2.45. The van der Waals surface area contributed by atoms with Crippen molar-refractivity contribution in [2.24, 2.45) is 11.8 Å². The summed E-state index contributed by atoms with van der Waals surface area (Å²) in [6.45, 7) is 6.24. The first-order chi connectivity index (χ1) is 47.6. The van der Waals surface area contributed by atoms with Crippen LogP contribution >= 0.6 is 31.9 Å². The third-order valence-electron chi connectivity index (χ3n) is 18.6. The van der Waals surface area contributed by atoms with Crippen molar-refractivity contribution in [1.82, 2.24) is 30.2 Å². The maximum atomic E-state index is 14.4. The Morgan fingerprint density at radius 2 is 0.861 bits per heavy atom. The number of anilines is 2. The number of aromatic nitrogens is 4.